The van der Waals surface area contributed by atoms with Gasteiger partial charge in [-0.05, 0) is 37.8 Å². The van der Waals surface area contributed by atoms with Crippen molar-refractivity contribution in [2.45, 2.75) is 52.1 Å². The molecule has 0 radical (unpaired) electrons. The van der Waals surface area contributed by atoms with Crippen molar-refractivity contribution in [3.05, 3.63) is 47.3 Å². The van der Waals surface area contributed by atoms with Crippen molar-refractivity contribution in [3.8, 4) is 0 Å². The number of amides is 2. The van der Waals surface area contributed by atoms with Crippen LogP contribution in [0.2, 0.25) is 0 Å². The van der Waals surface area contributed by atoms with E-state index < -0.39 is 0 Å². The van der Waals surface area contributed by atoms with Crippen LogP contribution in [-0.4, -0.2) is 44.8 Å². The summed E-state index contributed by atoms with van der Waals surface area (Å²) >= 11 is 0. The molecule has 0 aliphatic carbocycles. The van der Waals surface area contributed by atoms with Gasteiger partial charge in [-0.2, -0.15) is 0 Å². The van der Waals surface area contributed by atoms with E-state index >= 15 is 0 Å². The number of fused-ring (bicyclic) bond motifs is 1. The van der Waals surface area contributed by atoms with Gasteiger partial charge in [0.2, 0.25) is 0 Å². The van der Waals surface area contributed by atoms with Gasteiger partial charge in [0.1, 0.15) is 5.69 Å². The van der Waals surface area contributed by atoms with Crippen molar-refractivity contribution in [2.24, 2.45) is 0 Å². The van der Waals surface area contributed by atoms with Gasteiger partial charge in [0.05, 0.1) is 17.9 Å². The number of nitrogens with zero attached hydrogens (tertiary/aromatic N) is 4. The van der Waals surface area contributed by atoms with Gasteiger partial charge in [0, 0.05) is 26.3 Å². The normalized spacial score (nSPS) is 13.1. The molecule has 2 aromatic heterocycles. The molecule has 1 aliphatic rings. The Kier molecular flexibility index (Phi) is 6.21. The summed E-state index contributed by atoms with van der Waals surface area (Å²) in [4.78, 5) is 36.0. The highest BCUT2D eigenvalue weighted by atomic mass is 16.2. The molecule has 0 spiro atoms. The second-order valence-corrected chi connectivity index (χ2v) is 6.92. The first kappa shape index (κ1) is 19.1. The number of imidazole rings is 1. The fourth-order valence-electron chi connectivity index (χ4n) is 3.31. The zero-order valence-corrected chi connectivity index (χ0v) is 16.1. The second-order valence-electron chi connectivity index (χ2n) is 6.92. The Morgan fingerprint density at radius 2 is 2.15 bits per heavy atom. The minimum absolute atomic E-state index is 0.115. The van der Waals surface area contributed by atoms with Gasteiger partial charge in [0.25, 0.3) is 11.8 Å². The smallest absolute Gasteiger partial charge is 0.289 e. The summed E-state index contributed by atoms with van der Waals surface area (Å²) in [7, 11) is 1.79. The molecule has 144 valence electrons. The van der Waals surface area contributed by atoms with Crippen LogP contribution < -0.4 is 5.32 Å². The molecule has 0 aromatic carbocycles. The second kappa shape index (κ2) is 8.79. The first-order valence-corrected chi connectivity index (χ1v) is 9.64. The molecule has 0 unspecified atom stereocenters. The third kappa shape index (κ3) is 4.35. The molecule has 7 nitrogen and oxygen atoms in total. The number of aromatic nitrogens is 3. The molecular formula is C20H27N5O2. The maximum atomic E-state index is 12.8. The van der Waals surface area contributed by atoms with Gasteiger partial charge in [-0.15, -0.1) is 0 Å². The predicted molar refractivity (Wildman–Crippen MR) is 102 cm³/mol. The summed E-state index contributed by atoms with van der Waals surface area (Å²) in [5, 5.41) is 2.88. The lowest BCUT2D eigenvalue weighted by molar-refractivity contribution is 0.0775. The molecule has 0 fully saturated rings. The van der Waals surface area contributed by atoms with Crippen LogP contribution in [0.15, 0.2) is 24.4 Å². The van der Waals surface area contributed by atoms with Crippen LogP contribution in [0.5, 0.6) is 0 Å². The highest BCUT2D eigenvalue weighted by Crippen LogP contribution is 2.22. The van der Waals surface area contributed by atoms with Crippen molar-refractivity contribution in [2.75, 3.05) is 13.6 Å². The lowest BCUT2D eigenvalue weighted by Crippen LogP contribution is -2.31. The topological polar surface area (TPSA) is 80.1 Å². The molecule has 0 saturated heterocycles. The van der Waals surface area contributed by atoms with E-state index in [9.17, 15) is 9.59 Å². The first-order chi connectivity index (χ1) is 13.1. The number of carbonyl (C=O) groups excluding carboxylic acids is 2. The number of nitrogens with one attached hydrogen (secondary N) is 1. The standard InChI is InChI=1S/C20H27N5O2/c1-3-4-12-24(2)20(27)18-23-17(16-10-6-8-13-25(16)18)19(26)22-14-15-9-5-7-11-21-15/h5,7,9,11H,3-4,6,8,10,12-14H2,1-2H3,(H,22,26). The predicted octanol–water partition coefficient (Wildman–Crippen LogP) is 2.42. The number of pyridine rings is 1. The molecule has 1 N–H and O–H groups in total. The monoisotopic (exact) mass is 369 g/mol. The summed E-state index contributed by atoms with van der Waals surface area (Å²) in [6, 6.07) is 5.58. The third-order valence-corrected chi connectivity index (χ3v) is 4.87. The van der Waals surface area contributed by atoms with E-state index in [1.165, 1.54) is 0 Å². The minimum Gasteiger partial charge on any atom is -0.345 e. The fourth-order valence-corrected chi connectivity index (χ4v) is 3.31. The highest BCUT2D eigenvalue weighted by Gasteiger charge is 2.28. The van der Waals surface area contributed by atoms with Crippen LogP contribution in [0, 0.1) is 0 Å². The molecule has 3 heterocycles. The Morgan fingerprint density at radius 3 is 2.89 bits per heavy atom. The van der Waals surface area contributed by atoms with E-state index in [0.29, 0.717) is 24.6 Å². The van der Waals surface area contributed by atoms with Gasteiger partial charge in [-0.3, -0.25) is 14.6 Å². The largest absolute Gasteiger partial charge is 0.345 e. The van der Waals surface area contributed by atoms with Crippen molar-refractivity contribution in [1.82, 2.24) is 24.8 Å². The zero-order chi connectivity index (χ0) is 19.2. The van der Waals surface area contributed by atoms with Crippen molar-refractivity contribution in [1.29, 1.82) is 0 Å². The van der Waals surface area contributed by atoms with E-state index in [1.54, 1.807) is 18.1 Å². The Balaban J connectivity index is 1.80. The lowest BCUT2D eigenvalue weighted by atomic mass is 10.1. The zero-order valence-electron chi connectivity index (χ0n) is 16.1. The minimum atomic E-state index is -0.249. The van der Waals surface area contributed by atoms with Crippen LogP contribution in [0.25, 0.3) is 0 Å². The molecule has 0 bridgehead atoms. The number of carbonyl (C=O) groups is 2. The van der Waals surface area contributed by atoms with Crippen LogP contribution in [0.4, 0.5) is 0 Å². The first-order valence-electron chi connectivity index (χ1n) is 9.64. The lowest BCUT2D eigenvalue weighted by Gasteiger charge is -2.20. The number of rotatable bonds is 7. The Hall–Kier alpha value is -2.70. The van der Waals surface area contributed by atoms with Crippen LogP contribution >= 0.6 is 0 Å². The van der Waals surface area contributed by atoms with Crippen LogP contribution in [0.3, 0.4) is 0 Å². The van der Waals surface area contributed by atoms with Gasteiger partial charge in [-0.1, -0.05) is 19.4 Å². The van der Waals surface area contributed by atoms with Crippen LogP contribution in [-0.2, 0) is 19.5 Å². The summed E-state index contributed by atoms with van der Waals surface area (Å²) in [5.41, 5.74) is 2.03. The molecule has 7 heteroatoms. The van der Waals surface area contributed by atoms with Gasteiger partial charge in [0.15, 0.2) is 5.82 Å². The van der Waals surface area contributed by atoms with E-state index in [4.69, 9.17) is 0 Å². The van der Waals surface area contributed by atoms with Gasteiger partial charge < -0.3 is 14.8 Å². The number of unbranched alkanes of at least 4 members (excludes halogenated alkanes) is 1. The Morgan fingerprint density at radius 1 is 1.30 bits per heavy atom. The SMILES string of the molecule is CCCCN(C)C(=O)c1nc(C(=O)NCc2ccccn2)c2n1CCCC2. The average Bonchev–Trinajstić information content (AvgIpc) is 3.10. The third-order valence-electron chi connectivity index (χ3n) is 4.87. The summed E-state index contributed by atoms with van der Waals surface area (Å²) in [6.45, 7) is 3.86. The Labute approximate surface area is 159 Å². The van der Waals surface area contributed by atoms with E-state index in [-0.39, 0.29) is 11.8 Å². The molecular weight excluding hydrogens is 342 g/mol. The van der Waals surface area contributed by atoms with Crippen molar-refractivity contribution >= 4 is 11.8 Å². The molecule has 0 atom stereocenters. The fraction of sp³-hybridized carbons (Fsp3) is 0.500. The molecule has 0 saturated carbocycles. The average molecular weight is 369 g/mol. The molecule has 3 rings (SSSR count). The summed E-state index contributed by atoms with van der Waals surface area (Å²) in [6.07, 6.45) is 6.45. The van der Waals surface area contributed by atoms with Crippen LogP contribution in [0.1, 0.15) is 65.1 Å². The quantitative estimate of drug-likeness (QED) is 0.813. The van der Waals surface area contributed by atoms with Gasteiger partial charge in [-0.25, -0.2) is 4.98 Å². The highest BCUT2D eigenvalue weighted by molar-refractivity contribution is 5.97. The van der Waals surface area contributed by atoms with Crippen molar-refractivity contribution in [3.63, 3.8) is 0 Å². The molecule has 2 amide bonds. The maximum Gasteiger partial charge on any atom is 0.289 e. The number of hydrogen-bond donors (Lipinski definition) is 1. The van der Waals surface area contributed by atoms with E-state index in [1.807, 2.05) is 22.8 Å². The number of hydrogen-bond acceptors (Lipinski definition) is 4. The maximum absolute atomic E-state index is 12.8. The van der Waals surface area contributed by atoms with Gasteiger partial charge >= 0.3 is 0 Å². The van der Waals surface area contributed by atoms with Crippen molar-refractivity contribution < 1.29 is 9.59 Å². The molecule has 1 aliphatic heterocycles. The summed E-state index contributed by atoms with van der Waals surface area (Å²) < 4.78 is 1.93. The Bertz CT molecular complexity index is 800. The summed E-state index contributed by atoms with van der Waals surface area (Å²) in [5.74, 6) is 0.0169. The van der Waals surface area contributed by atoms with E-state index in [2.05, 4.69) is 22.2 Å². The van der Waals surface area contributed by atoms with E-state index in [0.717, 1.165) is 50.0 Å². The molecule has 27 heavy (non-hydrogen) atoms. The molecule has 2 aromatic rings.